The van der Waals surface area contributed by atoms with Crippen LogP contribution in [0.1, 0.15) is 13.3 Å². The van der Waals surface area contributed by atoms with E-state index in [0.717, 1.165) is 6.42 Å². The van der Waals surface area contributed by atoms with Crippen molar-refractivity contribution in [1.29, 1.82) is 0 Å². The molecule has 1 aliphatic heterocycles. The van der Waals surface area contributed by atoms with Gasteiger partial charge in [0.15, 0.2) is 0 Å². The number of rotatable bonds is 1. The van der Waals surface area contributed by atoms with E-state index in [2.05, 4.69) is 13.5 Å². The third-order valence-electron chi connectivity index (χ3n) is 1.89. The lowest BCUT2D eigenvalue weighted by Gasteiger charge is -2.28. The van der Waals surface area contributed by atoms with Crippen molar-refractivity contribution in [3.63, 3.8) is 0 Å². The molecule has 2 unspecified atom stereocenters. The summed E-state index contributed by atoms with van der Waals surface area (Å²) in [5, 5.41) is 0.589. The lowest BCUT2D eigenvalue weighted by Crippen LogP contribution is -2.28. The van der Waals surface area contributed by atoms with Crippen molar-refractivity contribution in [2.24, 2.45) is 0 Å². The van der Waals surface area contributed by atoms with E-state index in [-0.39, 0.29) is 0 Å². The first-order valence-corrected chi connectivity index (χ1v) is 4.62. The summed E-state index contributed by atoms with van der Waals surface area (Å²) < 4.78 is 5.30. The van der Waals surface area contributed by atoms with Gasteiger partial charge in [-0.2, -0.15) is 11.8 Å². The van der Waals surface area contributed by atoms with Crippen molar-refractivity contribution < 1.29 is 4.74 Å². The van der Waals surface area contributed by atoms with Gasteiger partial charge in [0.05, 0.1) is 6.10 Å². The number of hydrogen-bond donors (Lipinski definition) is 0. The summed E-state index contributed by atoms with van der Waals surface area (Å²) in [6.07, 6.45) is 1.41. The van der Waals surface area contributed by atoms with Crippen LogP contribution in [0.15, 0.2) is 12.2 Å². The molecule has 0 aromatic carbocycles. The molecule has 0 N–H and O–H groups in total. The van der Waals surface area contributed by atoms with Gasteiger partial charge >= 0.3 is 0 Å². The zero-order valence-electron chi connectivity index (χ0n) is 6.59. The third-order valence-corrected chi connectivity index (χ3v) is 3.10. The summed E-state index contributed by atoms with van der Waals surface area (Å²) >= 11 is 1.97. The Balaban J connectivity index is 2.53. The van der Waals surface area contributed by atoms with Crippen LogP contribution in [-0.4, -0.2) is 24.2 Å². The summed E-state index contributed by atoms with van der Waals surface area (Å²) in [6.45, 7) is 6.18. The summed E-state index contributed by atoms with van der Waals surface area (Å²) in [5.74, 6) is 1.21. The average Bonchev–Trinajstić information content (AvgIpc) is 1.88. The zero-order valence-corrected chi connectivity index (χ0v) is 7.41. The van der Waals surface area contributed by atoms with E-state index in [1.54, 1.807) is 7.11 Å². The Hall–Kier alpha value is 0.0500. The normalized spacial score (nSPS) is 34.4. The number of thioether (sulfide) groups is 1. The minimum Gasteiger partial charge on any atom is -0.376 e. The molecule has 1 nitrogen and oxygen atoms in total. The Morgan fingerprint density at radius 2 is 2.40 bits per heavy atom. The standard InChI is InChI=1S/C8H14OS/c1-6-4-5-10-7(2)8(6)9-3/h7-8H,1,4-5H2,2-3H3. The second kappa shape index (κ2) is 3.44. The molecule has 1 rings (SSSR count). The summed E-state index contributed by atoms with van der Waals surface area (Å²) in [7, 11) is 1.76. The highest BCUT2D eigenvalue weighted by atomic mass is 32.2. The van der Waals surface area contributed by atoms with Crippen molar-refractivity contribution in [2.45, 2.75) is 24.7 Å². The number of ether oxygens (including phenoxy) is 1. The van der Waals surface area contributed by atoms with Gasteiger partial charge in [0, 0.05) is 12.4 Å². The molecule has 1 saturated heterocycles. The minimum absolute atomic E-state index is 0.291. The molecule has 2 heteroatoms. The first-order chi connectivity index (χ1) is 4.75. The van der Waals surface area contributed by atoms with Crippen molar-refractivity contribution in [2.75, 3.05) is 12.9 Å². The fraction of sp³-hybridized carbons (Fsp3) is 0.750. The molecule has 0 aromatic heterocycles. The quantitative estimate of drug-likeness (QED) is 0.540. The molecule has 0 amide bonds. The number of hydrogen-bond acceptors (Lipinski definition) is 2. The molecular formula is C8H14OS. The van der Waals surface area contributed by atoms with Crippen LogP contribution in [0.5, 0.6) is 0 Å². The van der Waals surface area contributed by atoms with Crippen molar-refractivity contribution in [3.8, 4) is 0 Å². The topological polar surface area (TPSA) is 9.23 Å². The van der Waals surface area contributed by atoms with Gasteiger partial charge in [-0.3, -0.25) is 0 Å². The SMILES string of the molecule is C=C1CCSC(C)C1OC. The van der Waals surface area contributed by atoms with Gasteiger partial charge in [-0.15, -0.1) is 0 Å². The highest BCUT2D eigenvalue weighted by molar-refractivity contribution is 8.00. The predicted octanol–water partition coefficient (Wildman–Crippen LogP) is 2.08. The maximum atomic E-state index is 5.30. The first-order valence-electron chi connectivity index (χ1n) is 3.57. The summed E-state index contributed by atoms with van der Waals surface area (Å²) in [6, 6.07) is 0. The van der Waals surface area contributed by atoms with Crippen molar-refractivity contribution >= 4 is 11.8 Å². The molecule has 1 heterocycles. The Labute approximate surface area is 66.8 Å². The van der Waals surface area contributed by atoms with E-state index in [4.69, 9.17) is 4.74 Å². The van der Waals surface area contributed by atoms with E-state index in [9.17, 15) is 0 Å². The summed E-state index contributed by atoms with van der Waals surface area (Å²) in [5.41, 5.74) is 1.26. The van der Waals surface area contributed by atoms with Gasteiger partial charge in [-0.05, 0) is 17.7 Å². The maximum absolute atomic E-state index is 5.30. The molecule has 2 atom stereocenters. The zero-order chi connectivity index (χ0) is 7.56. The Kier molecular flexibility index (Phi) is 2.81. The van der Waals surface area contributed by atoms with Gasteiger partial charge in [-0.1, -0.05) is 13.5 Å². The Morgan fingerprint density at radius 3 is 2.80 bits per heavy atom. The van der Waals surface area contributed by atoms with Gasteiger partial charge in [-0.25, -0.2) is 0 Å². The Bertz CT molecular complexity index is 133. The number of methoxy groups -OCH3 is 1. The lowest BCUT2D eigenvalue weighted by atomic mass is 10.1. The second-order valence-corrected chi connectivity index (χ2v) is 4.13. The van der Waals surface area contributed by atoms with Gasteiger partial charge in [0.25, 0.3) is 0 Å². The largest absolute Gasteiger partial charge is 0.376 e. The highest BCUT2D eigenvalue weighted by Crippen LogP contribution is 2.29. The molecule has 10 heavy (non-hydrogen) atoms. The molecular weight excluding hydrogens is 144 g/mol. The average molecular weight is 158 g/mol. The van der Waals surface area contributed by atoms with Crippen LogP contribution in [0, 0.1) is 0 Å². The third kappa shape index (κ3) is 1.55. The molecule has 1 aliphatic rings. The van der Waals surface area contributed by atoms with Crippen molar-refractivity contribution in [3.05, 3.63) is 12.2 Å². The van der Waals surface area contributed by atoms with E-state index >= 15 is 0 Å². The molecule has 0 saturated carbocycles. The predicted molar refractivity (Wildman–Crippen MR) is 46.5 cm³/mol. The van der Waals surface area contributed by atoms with Crippen LogP contribution >= 0.6 is 11.8 Å². The fourth-order valence-electron chi connectivity index (χ4n) is 1.30. The lowest BCUT2D eigenvalue weighted by molar-refractivity contribution is 0.129. The highest BCUT2D eigenvalue weighted by Gasteiger charge is 2.23. The molecule has 0 aliphatic carbocycles. The van der Waals surface area contributed by atoms with Gasteiger partial charge < -0.3 is 4.74 Å². The molecule has 0 aromatic rings. The molecule has 0 bridgehead atoms. The molecule has 0 spiro atoms. The monoisotopic (exact) mass is 158 g/mol. The molecule has 0 radical (unpaired) electrons. The van der Waals surface area contributed by atoms with Gasteiger partial charge in [0.1, 0.15) is 0 Å². The van der Waals surface area contributed by atoms with E-state index in [0.29, 0.717) is 11.4 Å². The fourth-order valence-corrected chi connectivity index (χ4v) is 2.53. The minimum atomic E-state index is 0.291. The van der Waals surface area contributed by atoms with E-state index in [1.807, 2.05) is 11.8 Å². The first kappa shape index (κ1) is 8.15. The van der Waals surface area contributed by atoms with Gasteiger partial charge in [0.2, 0.25) is 0 Å². The van der Waals surface area contributed by atoms with E-state index in [1.165, 1.54) is 11.3 Å². The van der Waals surface area contributed by atoms with Crippen LogP contribution in [0.3, 0.4) is 0 Å². The maximum Gasteiger partial charge on any atom is 0.0894 e. The molecule has 58 valence electrons. The van der Waals surface area contributed by atoms with Crippen LogP contribution in [0.4, 0.5) is 0 Å². The van der Waals surface area contributed by atoms with Crippen LogP contribution in [0.25, 0.3) is 0 Å². The second-order valence-electron chi connectivity index (χ2n) is 2.64. The van der Waals surface area contributed by atoms with E-state index < -0.39 is 0 Å². The van der Waals surface area contributed by atoms with Crippen molar-refractivity contribution in [1.82, 2.24) is 0 Å². The summed E-state index contributed by atoms with van der Waals surface area (Å²) in [4.78, 5) is 0. The van der Waals surface area contributed by atoms with Crippen LogP contribution in [0.2, 0.25) is 0 Å². The smallest absolute Gasteiger partial charge is 0.0894 e. The molecule has 1 fully saturated rings. The van der Waals surface area contributed by atoms with Crippen LogP contribution in [-0.2, 0) is 4.74 Å². The van der Waals surface area contributed by atoms with Crippen LogP contribution < -0.4 is 0 Å². The Morgan fingerprint density at radius 1 is 1.70 bits per heavy atom.